The molecular weight excluding hydrogens is 486 g/mol. The topological polar surface area (TPSA) is 90.3 Å². The van der Waals surface area contributed by atoms with Crippen LogP contribution in [0.5, 0.6) is 0 Å². The third-order valence-corrected chi connectivity index (χ3v) is 7.34. The molecule has 0 saturated heterocycles. The number of fused-ring (bicyclic) bond motifs is 1. The van der Waals surface area contributed by atoms with E-state index in [0.717, 1.165) is 24.8 Å². The molecule has 2 aromatic carbocycles. The van der Waals surface area contributed by atoms with Crippen LogP contribution in [0.3, 0.4) is 0 Å². The highest BCUT2D eigenvalue weighted by Crippen LogP contribution is 2.21. The Bertz CT molecular complexity index is 1330. The van der Waals surface area contributed by atoms with E-state index in [0.29, 0.717) is 47.7 Å². The van der Waals surface area contributed by atoms with E-state index in [-0.39, 0.29) is 23.2 Å². The van der Waals surface area contributed by atoms with Crippen molar-refractivity contribution < 1.29 is 14.3 Å². The number of nitrogens with one attached hydrogen (secondary N) is 1. The molecule has 0 unspecified atom stereocenters. The first kappa shape index (κ1) is 26.7. The summed E-state index contributed by atoms with van der Waals surface area (Å²) in [7, 11) is 0. The van der Waals surface area contributed by atoms with Crippen molar-refractivity contribution in [3.05, 3.63) is 81.7 Å². The van der Waals surface area contributed by atoms with E-state index in [1.807, 2.05) is 30.3 Å². The number of rotatable bonds is 11. The second kappa shape index (κ2) is 13.2. The smallest absolute Gasteiger partial charge is 0.316 e. The lowest BCUT2D eigenvalue weighted by atomic mass is 9.97. The van der Waals surface area contributed by atoms with Gasteiger partial charge in [0.25, 0.3) is 11.5 Å². The quantitative estimate of drug-likeness (QED) is 0.167. The van der Waals surface area contributed by atoms with Crippen molar-refractivity contribution in [3.63, 3.8) is 0 Å². The Morgan fingerprint density at radius 2 is 1.95 bits per heavy atom. The Kier molecular flexibility index (Phi) is 9.54. The molecule has 0 bridgehead atoms. The molecule has 8 heteroatoms. The van der Waals surface area contributed by atoms with Gasteiger partial charge in [-0.3, -0.25) is 19.0 Å². The summed E-state index contributed by atoms with van der Waals surface area (Å²) in [6.45, 7) is 3.05. The molecule has 37 heavy (non-hydrogen) atoms. The summed E-state index contributed by atoms with van der Waals surface area (Å²) in [5, 5.41) is 3.86. The number of hydrogen-bond donors (Lipinski definition) is 1. The number of nitrogens with zero attached hydrogens (tertiary/aromatic N) is 2. The Hall–Kier alpha value is -3.39. The zero-order valence-corrected chi connectivity index (χ0v) is 22.0. The standard InChI is InChI=1S/C29H33N3O4S/c1-2-36-26(33)20-37-29-31-25-19-23(27(34)30-17-15-21-9-5-3-6-10-21)13-14-24(25)28(35)32(29)18-16-22-11-7-4-8-12-22/h4,7-9,11-14,19H,2-3,5-6,10,15-18,20H2,1H3,(H,30,34). The van der Waals surface area contributed by atoms with Crippen LogP contribution in [0.15, 0.2) is 70.1 Å². The molecule has 1 aromatic heterocycles. The molecular formula is C29H33N3O4S. The van der Waals surface area contributed by atoms with Crippen molar-refractivity contribution >= 4 is 34.5 Å². The first-order valence-corrected chi connectivity index (χ1v) is 13.9. The van der Waals surface area contributed by atoms with Gasteiger partial charge in [-0.25, -0.2) is 4.98 Å². The Balaban J connectivity index is 1.55. The van der Waals surface area contributed by atoms with Crippen molar-refractivity contribution in [3.8, 4) is 0 Å². The number of thioether (sulfide) groups is 1. The summed E-state index contributed by atoms with van der Waals surface area (Å²) < 4.78 is 6.66. The highest BCUT2D eigenvalue weighted by molar-refractivity contribution is 7.99. The van der Waals surface area contributed by atoms with E-state index in [1.54, 1.807) is 29.7 Å². The fourth-order valence-corrected chi connectivity index (χ4v) is 5.25. The van der Waals surface area contributed by atoms with Crippen LogP contribution < -0.4 is 10.9 Å². The van der Waals surface area contributed by atoms with Gasteiger partial charge in [0.2, 0.25) is 0 Å². The van der Waals surface area contributed by atoms with E-state index in [1.165, 1.54) is 30.2 Å². The zero-order chi connectivity index (χ0) is 26.0. The van der Waals surface area contributed by atoms with Gasteiger partial charge < -0.3 is 10.1 Å². The van der Waals surface area contributed by atoms with Crippen LogP contribution in [-0.4, -0.2) is 40.3 Å². The van der Waals surface area contributed by atoms with Crippen LogP contribution in [0.1, 0.15) is 54.9 Å². The predicted molar refractivity (Wildman–Crippen MR) is 147 cm³/mol. The van der Waals surface area contributed by atoms with E-state index in [4.69, 9.17) is 9.72 Å². The molecule has 0 aliphatic heterocycles. The van der Waals surface area contributed by atoms with Gasteiger partial charge in [0.15, 0.2) is 5.16 Å². The van der Waals surface area contributed by atoms with Gasteiger partial charge in [0.05, 0.1) is 23.3 Å². The number of carbonyl (C=O) groups is 2. The molecule has 0 fully saturated rings. The number of amides is 1. The Morgan fingerprint density at radius 3 is 2.70 bits per heavy atom. The third-order valence-electron chi connectivity index (χ3n) is 6.39. The average Bonchev–Trinajstić information content (AvgIpc) is 2.92. The van der Waals surface area contributed by atoms with Gasteiger partial charge in [-0.15, -0.1) is 0 Å². The molecule has 0 saturated carbocycles. The van der Waals surface area contributed by atoms with Crippen molar-refractivity contribution in [2.24, 2.45) is 0 Å². The highest BCUT2D eigenvalue weighted by atomic mass is 32.2. The van der Waals surface area contributed by atoms with E-state index in [2.05, 4.69) is 11.4 Å². The summed E-state index contributed by atoms with van der Waals surface area (Å²) in [4.78, 5) is 43.0. The van der Waals surface area contributed by atoms with Crippen LogP contribution in [0.4, 0.5) is 0 Å². The number of carbonyl (C=O) groups excluding carboxylic acids is 2. The molecule has 1 aliphatic rings. The number of allylic oxidation sites excluding steroid dienone is 1. The molecule has 1 amide bonds. The first-order valence-electron chi connectivity index (χ1n) is 12.9. The van der Waals surface area contributed by atoms with Gasteiger partial charge in [0, 0.05) is 18.7 Å². The van der Waals surface area contributed by atoms with E-state index >= 15 is 0 Å². The number of aromatic nitrogens is 2. The summed E-state index contributed by atoms with van der Waals surface area (Å²) in [5.41, 5.74) is 3.22. The summed E-state index contributed by atoms with van der Waals surface area (Å²) in [6.07, 6.45) is 8.49. The first-order chi connectivity index (χ1) is 18.0. The monoisotopic (exact) mass is 519 g/mol. The minimum Gasteiger partial charge on any atom is -0.465 e. The molecule has 0 atom stereocenters. The average molecular weight is 520 g/mol. The molecule has 194 valence electrons. The van der Waals surface area contributed by atoms with E-state index in [9.17, 15) is 14.4 Å². The third kappa shape index (κ3) is 7.32. The van der Waals surface area contributed by atoms with Crippen LogP contribution in [-0.2, 0) is 22.5 Å². The highest BCUT2D eigenvalue weighted by Gasteiger charge is 2.16. The number of aryl methyl sites for hydroxylation is 1. The largest absolute Gasteiger partial charge is 0.465 e. The summed E-state index contributed by atoms with van der Waals surface area (Å²) >= 11 is 1.17. The minimum atomic E-state index is -0.363. The van der Waals surface area contributed by atoms with Crippen molar-refractivity contribution in [2.75, 3.05) is 18.9 Å². The van der Waals surface area contributed by atoms with Crippen LogP contribution in [0.25, 0.3) is 10.9 Å². The predicted octanol–water partition coefficient (Wildman–Crippen LogP) is 4.91. The zero-order valence-electron chi connectivity index (χ0n) is 21.2. The summed E-state index contributed by atoms with van der Waals surface area (Å²) in [5.74, 6) is -0.501. The van der Waals surface area contributed by atoms with Gasteiger partial charge >= 0.3 is 5.97 Å². The molecule has 1 N–H and O–H groups in total. The van der Waals surface area contributed by atoms with Crippen molar-refractivity contribution in [1.29, 1.82) is 0 Å². The number of benzene rings is 2. The summed E-state index contributed by atoms with van der Waals surface area (Å²) in [6, 6.07) is 14.9. The molecule has 0 radical (unpaired) electrons. The fourth-order valence-electron chi connectivity index (χ4n) is 4.43. The van der Waals surface area contributed by atoms with Crippen molar-refractivity contribution in [1.82, 2.24) is 14.9 Å². The molecule has 1 aliphatic carbocycles. The number of ether oxygens (including phenoxy) is 1. The van der Waals surface area contributed by atoms with Gasteiger partial charge in [-0.1, -0.05) is 53.7 Å². The maximum atomic E-state index is 13.5. The van der Waals surface area contributed by atoms with Crippen molar-refractivity contribution in [2.45, 2.75) is 57.1 Å². The normalized spacial score (nSPS) is 13.3. The second-order valence-electron chi connectivity index (χ2n) is 9.03. The second-order valence-corrected chi connectivity index (χ2v) is 9.97. The maximum absolute atomic E-state index is 13.5. The van der Waals surface area contributed by atoms with Gasteiger partial charge in [-0.05, 0) is 69.2 Å². The van der Waals surface area contributed by atoms with Crippen LogP contribution in [0.2, 0.25) is 0 Å². The van der Waals surface area contributed by atoms with Crippen LogP contribution >= 0.6 is 11.8 Å². The van der Waals surface area contributed by atoms with Gasteiger partial charge in [-0.2, -0.15) is 0 Å². The lowest BCUT2D eigenvalue weighted by molar-refractivity contribution is -0.139. The molecule has 0 spiro atoms. The molecule has 3 aromatic rings. The molecule has 1 heterocycles. The number of hydrogen-bond acceptors (Lipinski definition) is 6. The lowest BCUT2D eigenvalue weighted by Crippen LogP contribution is -2.26. The van der Waals surface area contributed by atoms with E-state index < -0.39 is 0 Å². The maximum Gasteiger partial charge on any atom is 0.316 e. The lowest BCUT2D eigenvalue weighted by Gasteiger charge is -2.14. The Labute approximate surface area is 221 Å². The SMILES string of the molecule is CCOC(=O)CSc1nc2cc(C(=O)NCCC3=CCCCC3)ccc2c(=O)n1CCc1ccccc1. The fraction of sp³-hybridized carbons (Fsp3) is 0.379. The molecule has 4 rings (SSSR count). The van der Waals surface area contributed by atoms with Crippen LogP contribution in [0, 0.1) is 0 Å². The molecule has 7 nitrogen and oxygen atoms in total. The number of esters is 1. The Morgan fingerprint density at radius 1 is 1.11 bits per heavy atom. The minimum absolute atomic E-state index is 0.0488. The van der Waals surface area contributed by atoms with Gasteiger partial charge in [0.1, 0.15) is 0 Å².